The van der Waals surface area contributed by atoms with Crippen molar-refractivity contribution in [1.29, 1.82) is 0 Å². The van der Waals surface area contributed by atoms with Crippen LogP contribution in [0.1, 0.15) is 12.8 Å². The number of alkyl halides is 3. The summed E-state index contributed by atoms with van der Waals surface area (Å²) in [7, 11) is 0. The number of amides is 2. The normalized spacial score (nSPS) is 24.1. The molecule has 1 atom stereocenters. The van der Waals surface area contributed by atoms with Crippen LogP contribution in [0.3, 0.4) is 0 Å². The van der Waals surface area contributed by atoms with Crippen molar-refractivity contribution in [3.63, 3.8) is 0 Å². The van der Waals surface area contributed by atoms with Crippen LogP contribution in [0.15, 0.2) is 0 Å². The van der Waals surface area contributed by atoms with E-state index in [-0.39, 0.29) is 31.5 Å². The number of fused-ring (bicyclic) bond motifs is 1. The van der Waals surface area contributed by atoms with Crippen molar-refractivity contribution in [2.24, 2.45) is 0 Å². The number of hydrogen-bond donors (Lipinski definition) is 0. The van der Waals surface area contributed by atoms with Crippen LogP contribution in [0.5, 0.6) is 0 Å². The molecule has 2 fully saturated rings. The fourth-order valence-corrected chi connectivity index (χ4v) is 2.42. The zero-order chi connectivity index (χ0) is 14.0. The second kappa shape index (κ2) is 5.36. The molecule has 8 heteroatoms. The van der Waals surface area contributed by atoms with E-state index in [1.54, 1.807) is 4.90 Å². The first-order valence-electron chi connectivity index (χ1n) is 6.11. The standard InChI is InChI=1S/C11H15F3N2O3/c12-11(13,14)7-19-5-4-15-6-9(17)16-3-1-2-8(16)10(15)18/h8H,1-7H2. The van der Waals surface area contributed by atoms with Crippen molar-refractivity contribution in [2.45, 2.75) is 25.1 Å². The largest absolute Gasteiger partial charge is 0.411 e. The lowest BCUT2D eigenvalue weighted by atomic mass is 10.1. The number of carbonyl (C=O) groups is 2. The Morgan fingerprint density at radius 1 is 1.32 bits per heavy atom. The Kier molecular flexibility index (Phi) is 3.98. The summed E-state index contributed by atoms with van der Waals surface area (Å²) < 4.78 is 40.1. The van der Waals surface area contributed by atoms with E-state index in [0.717, 1.165) is 6.42 Å². The maximum Gasteiger partial charge on any atom is 0.411 e. The van der Waals surface area contributed by atoms with E-state index in [4.69, 9.17) is 0 Å². The summed E-state index contributed by atoms with van der Waals surface area (Å²) in [5.41, 5.74) is 0. The summed E-state index contributed by atoms with van der Waals surface area (Å²) >= 11 is 0. The molecule has 5 nitrogen and oxygen atoms in total. The molecule has 2 rings (SSSR count). The van der Waals surface area contributed by atoms with Gasteiger partial charge < -0.3 is 14.5 Å². The number of carbonyl (C=O) groups excluding carboxylic acids is 2. The summed E-state index contributed by atoms with van der Waals surface area (Å²) in [4.78, 5) is 26.6. The Balaban J connectivity index is 1.81. The van der Waals surface area contributed by atoms with Crippen LogP contribution >= 0.6 is 0 Å². The van der Waals surface area contributed by atoms with Gasteiger partial charge in [0.25, 0.3) is 0 Å². The smallest absolute Gasteiger partial charge is 0.370 e. The highest BCUT2D eigenvalue weighted by molar-refractivity contribution is 5.95. The molecule has 0 aromatic carbocycles. The van der Waals surface area contributed by atoms with Crippen LogP contribution in [0.4, 0.5) is 13.2 Å². The maximum atomic E-state index is 12.0. The third kappa shape index (κ3) is 3.37. The van der Waals surface area contributed by atoms with Gasteiger partial charge in [0, 0.05) is 13.1 Å². The van der Waals surface area contributed by atoms with Gasteiger partial charge in [0.15, 0.2) is 0 Å². The minimum absolute atomic E-state index is 0.0188. The van der Waals surface area contributed by atoms with Crippen molar-refractivity contribution in [1.82, 2.24) is 9.80 Å². The molecule has 108 valence electrons. The van der Waals surface area contributed by atoms with Gasteiger partial charge in [-0.3, -0.25) is 9.59 Å². The van der Waals surface area contributed by atoms with E-state index in [2.05, 4.69) is 4.74 Å². The molecule has 0 aromatic heterocycles. The topological polar surface area (TPSA) is 49.9 Å². The molecule has 0 N–H and O–H groups in total. The number of halogens is 3. The zero-order valence-corrected chi connectivity index (χ0v) is 10.3. The Morgan fingerprint density at radius 2 is 2.05 bits per heavy atom. The van der Waals surface area contributed by atoms with Crippen molar-refractivity contribution in [2.75, 3.05) is 32.8 Å². The summed E-state index contributed by atoms with van der Waals surface area (Å²) in [6.45, 7) is -1.01. The fraction of sp³-hybridized carbons (Fsp3) is 0.818. The third-order valence-corrected chi connectivity index (χ3v) is 3.27. The van der Waals surface area contributed by atoms with Crippen molar-refractivity contribution < 1.29 is 27.5 Å². The molecule has 19 heavy (non-hydrogen) atoms. The van der Waals surface area contributed by atoms with Crippen LogP contribution in [0, 0.1) is 0 Å². The average Bonchev–Trinajstić information content (AvgIpc) is 2.79. The first kappa shape index (κ1) is 14.1. The van der Waals surface area contributed by atoms with Crippen LogP contribution in [0.2, 0.25) is 0 Å². The molecule has 0 aliphatic carbocycles. The van der Waals surface area contributed by atoms with Crippen LogP contribution < -0.4 is 0 Å². The Hall–Kier alpha value is -1.31. The van der Waals surface area contributed by atoms with E-state index in [1.165, 1.54) is 4.90 Å². The molecule has 2 saturated heterocycles. The first-order chi connectivity index (χ1) is 8.88. The molecule has 2 aliphatic heterocycles. The predicted molar refractivity (Wildman–Crippen MR) is 58.2 cm³/mol. The molecular weight excluding hydrogens is 265 g/mol. The second-order valence-electron chi connectivity index (χ2n) is 4.67. The highest BCUT2D eigenvalue weighted by atomic mass is 19.4. The van der Waals surface area contributed by atoms with Gasteiger partial charge in [-0.15, -0.1) is 0 Å². The number of hydrogen-bond acceptors (Lipinski definition) is 3. The molecule has 2 heterocycles. The fourth-order valence-electron chi connectivity index (χ4n) is 2.42. The molecule has 2 amide bonds. The highest BCUT2D eigenvalue weighted by Crippen LogP contribution is 2.23. The summed E-state index contributed by atoms with van der Waals surface area (Å²) in [6.07, 6.45) is -2.95. The highest BCUT2D eigenvalue weighted by Gasteiger charge is 2.41. The number of ether oxygens (including phenoxy) is 1. The lowest BCUT2D eigenvalue weighted by molar-refractivity contribution is -0.176. The minimum atomic E-state index is -4.37. The summed E-state index contributed by atoms with van der Waals surface area (Å²) in [5.74, 6) is -0.328. The molecule has 0 aromatic rings. The van der Waals surface area contributed by atoms with Gasteiger partial charge in [0.05, 0.1) is 13.2 Å². The zero-order valence-electron chi connectivity index (χ0n) is 10.3. The number of rotatable bonds is 4. The van der Waals surface area contributed by atoms with Gasteiger partial charge >= 0.3 is 6.18 Å². The number of nitrogens with zero attached hydrogens (tertiary/aromatic N) is 2. The van der Waals surface area contributed by atoms with Gasteiger partial charge in [-0.05, 0) is 12.8 Å². The third-order valence-electron chi connectivity index (χ3n) is 3.27. The lowest BCUT2D eigenvalue weighted by Gasteiger charge is -2.36. The Bertz CT molecular complexity index is 373. The van der Waals surface area contributed by atoms with Crippen molar-refractivity contribution in [3.05, 3.63) is 0 Å². The Labute approximate surface area is 108 Å². The molecule has 0 bridgehead atoms. The number of piperazine rings is 1. The van der Waals surface area contributed by atoms with E-state index >= 15 is 0 Å². The van der Waals surface area contributed by atoms with Crippen LogP contribution in [-0.4, -0.2) is 66.7 Å². The first-order valence-corrected chi connectivity index (χ1v) is 6.11. The maximum absolute atomic E-state index is 12.0. The second-order valence-corrected chi connectivity index (χ2v) is 4.67. The van der Waals surface area contributed by atoms with Crippen molar-refractivity contribution >= 4 is 11.8 Å². The van der Waals surface area contributed by atoms with Gasteiger partial charge in [-0.1, -0.05) is 0 Å². The van der Waals surface area contributed by atoms with Gasteiger partial charge in [0.2, 0.25) is 11.8 Å². The molecule has 0 spiro atoms. The molecule has 0 saturated carbocycles. The quantitative estimate of drug-likeness (QED) is 0.700. The van der Waals surface area contributed by atoms with Crippen molar-refractivity contribution in [3.8, 4) is 0 Å². The predicted octanol–water partition coefficient (Wildman–Crippen LogP) is 0.399. The van der Waals surface area contributed by atoms with E-state index < -0.39 is 18.8 Å². The molecule has 2 aliphatic rings. The minimum Gasteiger partial charge on any atom is -0.370 e. The van der Waals surface area contributed by atoms with Gasteiger partial charge in [-0.25, -0.2) is 0 Å². The van der Waals surface area contributed by atoms with E-state index in [0.29, 0.717) is 13.0 Å². The summed E-state index contributed by atoms with van der Waals surface area (Å²) in [5, 5.41) is 0. The summed E-state index contributed by atoms with van der Waals surface area (Å²) in [6, 6.07) is -0.427. The van der Waals surface area contributed by atoms with E-state index in [9.17, 15) is 22.8 Å². The monoisotopic (exact) mass is 280 g/mol. The lowest BCUT2D eigenvalue weighted by Crippen LogP contribution is -2.57. The average molecular weight is 280 g/mol. The molecule has 1 unspecified atom stereocenters. The molecule has 0 radical (unpaired) electrons. The SMILES string of the molecule is O=C1C2CCCN2C(=O)CN1CCOCC(F)(F)F. The van der Waals surface area contributed by atoms with E-state index in [1.807, 2.05) is 0 Å². The Morgan fingerprint density at radius 3 is 2.74 bits per heavy atom. The van der Waals surface area contributed by atoms with Gasteiger partial charge in [0.1, 0.15) is 12.6 Å². The van der Waals surface area contributed by atoms with Crippen LogP contribution in [-0.2, 0) is 14.3 Å². The molecular formula is C11H15F3N2O3. The van der Waals surface area contributed by atoms with Gasteiger partial charge in [-0.2, -0.15) is 13.2 Å². The van der Waals surface area contributed by atoms with Crippen LogP contribution in [0.25, 0.3) is 0 Å².